The van der Waals surface area contributed by atoms with Crippen molar-refractivity contribution in [1.82, 2.24) is 0 Å². The molecule has 0 spiro atoms. The normalized spacial score (nSPS) is 14.7. The summed E-state index contributed by atoms with van der Waals surface area (Å²) >= 11 is 0. The number of unbranched alkanes of at least 4 members (excludes halogenated alkanes) is 11. The Kier molecular flexibility index (Phi) is 40.4. The highest BCUT2D eigenvalue weighted by molar-refractivity contribution is 7.47. The Bertz CT molecular complexity index is 1420. The zero-order valence-corrected chi connectivity index (χ0v) is 38.9. The Morgan fingerprint density at radius 1 is 0.500 bits per heavy atom. The zero-order chi connectivity index (χ0) is 45.8. The van der Waals surface area contributed by atoms with Gasteiger partial charge in [0.05, 0.1) is 19.8 Å². The first-order chi connectivity index (χ1) is 29.9. The van der Waals surface area contributed by atoms with Gasteiger partial charge in [0.1, 0.15) is 12.7 Å². The van der Waals surface area contributed by atoms with Crippen LogP contribution in [0, 0.1) is 0 Å². The van der Waals surface area contributed by atoms with Crippen LogP contribution >= 0.6 is 15.6 Å². The standard InChI is InChI=1S/C46H78O14P2/c1-2-3-4-5-6-7-8-9-10-12-15-18-21-24-27-30-33-36-45(49)56-41-44(42-59-62(54,55)58-40-43(48)39-57-61(51,52)53)60-46(50)37-34-31-28-25-22-19-16-13-11-14-17-20-23-26-29-32-35-38-47/h6-7,9-11,14-16,18-20,23,25,28,43-44,47-48H,2-5,8,12-13,17,21-22,24,26-27,29-42H2,1H3,(H,54,55)(H2,51,52,53)/b7-6-,10-9-,14-11-,18-15-,19-16-,23-20-,28-25-/t43-,44+/m0/s1. The molecule has 14 nitrogen and oxygen atoms in total. The molecule has 356 valence electrons. The topological polar surface area (TPSA) is 216 Å². The zero-order valence-electron chi connectivity index (χ0n) is 37.1. The number of rotatable bonds is 42. The van der Waals surface area contributed by atoms with Crippen LogP contribution in [-0.2, 0) is 41.8 Å². The second kappa shape index (κ2) is 42.2. The molecule has 16 heteroatoms. The van der Waals surface area contributed by atoms with E-state index in [2.05, 4.69) is 88.9 Å². The molecule has 0 saturated carbocycles. The Labute approximate surface area is 371 Å². The van der Waals surface area contributed by atoms with Crippen molar-refractivity contribution in [3.63, 3.8) is 0 Å². The maximum absolute atomic E-state index is 12.7. The number of ether oxygens (including phenoxy) is 2. The van der Waals surface area contributed by atoms with Crippen molar-refractivity contribution in [3.05, 3.63) is 85.1 Å². The third-order valence-electron chi connectivity index (χ3n) is 8.80. The van der Waals surface area contributed by atoms with Crippen molar-refractivity contribution in [1.29, 1.82) is 0 Å². The highest BCUT2D eigenvalue weighted by atomic mass is 31.2. The van der Waals surface area contributed by atoms with Gasteiger partial charge in [0.15, 0.2) is 6.10 Å². The Morgan fingerprint density at radius 2 is 0.919 bits per heavy atom. The van der Waals surface area contributed by atoms with E-state index in [4.69, 9.17) is 28.9 Å². The smallest absolute Gasteiger partial charge is 0.462 e. The van der Waals surface area contributed by atoms with Gasteiger partial charge in [-0.05, 0) is 96.3 Å². The van der Waals surface area contributed by atoms with Crippen molar-refractivity contribution in [2.45, 2.75) is 160 Å². The van der Waals surface area contributed by atoms with Crippen LogP contribution in [0.3, 0.4) is 0 Å². The Hall–Kier alpha value is -2.74. The molecule has 0 bridgehead atoms. The molecular formula is C46H78O14P2. The summed E-state index contributed by atoms with van der Waals surface area (Å²) in [6, 6.07) is 0. The van der Waals surface area contributed by atoms with Gasteiger partial charge in [-0.2, -0.15) is 0 Å². The molecule has 0 aliphatic rings. The largest absolute Gasteiger partial charge is 0.472 e. The number of allylic oxidation sites excluding steroid dienone is 14. The third-order valence-corrected chi connectivity index (χ3v) is 10.2. The van der Waals surface area contributed by atoms with Gasteiger partial charge in [0.2, 0.25) is 0 Å². The van der Waals surface area contributed by atoms with Crippen LogP contribution in [0.1, 0.15) is 148 Å². The predicted octanol–water partition coefficient (Wildman–Crippen LogP) is 10.5. The first-order valence-corrected chi connectivity index (χ1v) is 25.4. The molecule has 0 aromatic rings. The lowest BCUT2D eigenvalue weighted by atomic mass is 10.1. The van der Waals surface area contributed by atoms with E-state index in [1.165, 1.54) is 19.3 Å². The van der Waals surface area contributed by atoms with Gasteiger partial charge >= 0.3 is 27.6 Å². The van der Waals surface area contributed by atoms with Crippen LogP contribution in [0.5, 0.6) is 0 Å². The lowest BCUT2D eigenvalue weighted by Crippen LogP contribution is -2.29. The number of hydrogen-bond donors (Lipinski definition) is 5. The monoisotopic (exact) mass is 916 g/mol. The van der Waals surface area contributed by atoms with Gasteiger partial charge in [-0.3, -0.25) is 23.2 Å². The van der Waals surface area contributed by atoms with Crippen molar-refractivity contribution in [2.75, 3.05) is 33.0 Å². The summed E-state index contributed by atoms with van der Waals surface area (Å²) < 4.78 is 47.7. The molecule has 5 N–H and O–H groups in total. The molecule has 0 heterocycles. The number of carbonyl (C=O) groups excluding carboxylic acids is 2. The first kappa shape index (κ1) is 59.3. The fourth-order valence-electron chi connectivity index (χ4n) is 5.38. The van der Waals surface area contributed by atoms with Crippen LogP contribution in [0.25, 0.3) is 0 Å². The summed E-state index contributed by atoms with van der Waals surface area (Å²) in [7, 11) is -9.72. The van der Waals surface area contributed by atoms with Crippen LogP contribution in [0.15, 0.2) is 85.1 Å². The number of hydrogen-bond acceptors (Lipinski definition) is 11. The van der Waals surface area contributed by atoms with Crippen LogP contribution < -0.4 is 0 Å². The minimum Gasteiger partial charge on any atom is -0.462 e. The Morgan fingerprint density at radius 3 is 1.42 bits per heavy atom. The molecule has 0 aromatic carbocycles. The van der Waals surface area contributed by atoms with Crippen LogP contribution in [0.2, 0.25) is 0 Å². The molecule has 0 amide bonds. The van der Waals surface area contributed by atoms with Crippen LogP contribution in [0.4, 0.5) is 0 Å². The van der Waals surface area contributed by atoms with E-state index in [1.54, 1.807) is 0 Å². The lowest BCUT2D eigenvalue weighted by Gasteiger charge is -2.20. The molecule has 3 atom stereocenters. The number of phosphoric acid groups is 2. The van der Waals surface area contributed by atoms with E-state index < -0.39 is 66.2 Å². The summed E-state index contributed by atoms with van der Waals surface area (Å²) in [5, 5.41) is 18.5. The molecule has 0 aliphatic carbocycles. The van der Waals surface area contributed by atoms with Gasteiger partial charge in [-0.1, -0.05) is 124 Å². The van der Waals surface area contributed by atoms with E-state index in [1.807, 2.05) is 12.2 Å². The van der Waals surface area contributed by atoms with Gasteiger partial charge in [0, 0.05) is 19.4 Å². The number of aliphatic hydroxyl groups is 2. The molecule has 0 saturated heterocycles. The predicted molar refractivity (Wildman–Crippen MR) is 245 cm³/mol. The average molecular weight is 917 g/mol. The molecule has 62 heavy (non-hydrogen) atoms. The number of esters is 2. The molecule has 0 radical (unpaired) electrons. The second-order valence-electron chi connectivity index (χ2n) is 14.7. The summed E-state index contributed by atoms with van der Waals surface area (Å²) in [5.41, 5.74) is 0. The molecule has 0 rings (SSSR count). The molecule has 1 unspecified atom stereocenters. The maximum atomic E-state index is 12.7. The van der Waals surface area contributed by atoms with Gasteiger partial charge < -0.3 is 34.4 Å². The van der Waals surface area contributed by atoms with Crippen molar-refractivity contribution < 1.29 is 66.7 Å². The summed E-state index contributed by atoms with van der Waals surface area (Å²) in [5.74, 6) is -1.14. The highest BCUT2D eigenvalue weighted by Crippen LogP contribution is 2.43. The van der Waals surface area contributed by atoms with E-state index in [0.29, 0.717) is 19.3 Å². The SMILES string of the molecule is CCCCC/C=C\C/C=C\C/C=C\CCCCCCC(=O)OC[C@H](COP(=O)(O)OC[C@@H](O)COP(=O)(O)O)OC(=O)CCC/C=C\C/C=C\C/C=C\C/C=C\CCCCCO. The van der Waals surface area contributed by atoms with Gasteiger partial charge in [-0.25, -0.2) is 9.13 Å². The lowest BCUT2D eigenvalue weighted by molar-refractivity contribution is -0.161. The Balaban J connectivity index is 4.65. The minimum atomic E-state index is -4.88. The fourth-order valence-corrected chi connectivity index (χ4v) is 6.54. The summed E-state index contributed by atoms with van der Waals surface area (Å²) in [4.78, 5) is 52.7. The van der Waals surface area contributed by atoms with E-state index in [9.17, 15) is 28.7 Å². The summed E-state index contributed by atoms with van der Waals surface area (Å²) in [6.45, 7) is -0.367. The number of phosphoric ester groups is 2. The number of aliphatic hydroxyl groups excluding tert-OH is 2. The maximum Gasteiger partial charge on any atom is 0.472 e. The number of carbonyl (C=O) groups is 2. The van der Waals surface area contributed by atoms with E-state index >= 15 is 0 Å². The highest BCUT2D eigenvalue weighted by Gasteiger charge is 2.28. The first-order valence-electron chi connectivity index (χ1n) is 22.4. The molecule has 0 fully saturated rings. The van der Waals surface area contributed by atoms with Crippen molar-refractivity contribution in [2.24, 2.45) is 0 Å². The van der Waals surface area contributed by atoms with Crippen molar-refractivity contribution in [3.8, 4) is 0 Å². The molecule has 0 aliphatic heterocycles. The van der Waals surface area contributed by atoms with Crippen LogP contribution in [-0.4, -0.2) is 82.1 Å². The minimum absolute atomic E-state index is 0.0360. The fraction of sp³-hybridized carbons (Fsp3) is 0.652. The summed E-state index contributed by atoms with van der Waals surface area (Å²) in [6.07, 6.45) is 45.9. The van der Waals surface area contributed by atoms with Gasteiger partial charge in [0.25, 0.3) is 0 Å². The third kappa shape index (κ3) is 45.3. The average Bonchev–Trinajstić information content (AvgIpc) is 3.23. The second-order valence-corrected chi connectivity index (χ2v) is 17.4. The van der Waals surface area contributed by atoms with Gasteiger partial charge in [-0.15, -0.1) is 0 Å². The molecular weight excluding hydrogens is 838 g/mol. The van der Waals surface area contributed by atoms with Crippen molar-refractivity contribution >= 4 is 27.6 Å². The quantitative estimate of drug-likeness (QED) is 0.0167. The van der Waals surface area contributed by atoms with E-state index in [0.717, 1.165) is 89.9 Å². The van der Waals surface area contributed by atoms with E-state index in [-0.39, 0.29) is 19.4 Å². The molecule has 0 aromatic heterocycles.